The Hall–Kier alpha value is -1.07. The number of carbonyl (C=O) groups excluding carboxylic acids is 1. The van der Waals surface area contributed by atoms with E-state index in [1.165, 1.54) is 0 Å². The van der Waals surface area contributed by atoms with Crippen LogP contribution in [0.1, 0.15) is 23.2 Å². The predicted octanol–water partition coefficient (Wildman–Crippen LogP) is 2.37. The third-order valence-corrected chi connectivity index (χ3v) is 3.56. The molecule has 1 atom stereocenters. The highest BCUT2D eigenvalue weighted by molar-refractivity contribution is 9.10. The third-order valence-electron chi connectivity index (χ3n) is 2.67. The molecule has 0 radical (unpaired) electrons. The van der Waals surface area contributed by atoms with Gasteiger partial charge < -0.3 is 15.2 Å². The van der Waals surface area contributed by atoms with Gasteiger partial charge in [-0.15, -0.1) is 0 Å². The van der Waals surface area contributed by atoms with E-state index in [1.54, 1.807) is 18.2 Å². The number of hydrogen-bond donors (Lipinski definition) is 1. The van der Waals surface area contributed by atoms with Gasteiger partial charge in [-0.05, 0) is 40.9 Å². The van der Waals surface area contributed by atoms with Crippen molar-refractivity contribution in [1.82, 2.24) is 0 Å². The number of nitrogen functional groups attached to an aromatic ring is 1. The van der Waals surface area contributed by atoms with E-state index in [4.69, 9.17) is 15.2 Å². The molecule has 0 saturated carbocycles. The monoisotopic (exact) mass is 299 g/mol. The zero-order chi connectivity index (χ0) is 12.3. The minimum Gasteiger partial charge on any atom is -0.459 e. The molecule has 1 aliphatic rings. The van der Waals surface area contributed by atoms with Gasteiger partial charge in [0, 0.05) is 12.3 Å². The lowest BCUT2D eigenvalue weighted by Gasteiger charge is -2.11. The maximum atomic E-state index is 11.8. The zero-order valence-electron chi connectivity index (χ0n) is 9.32. The molecule has 1 aliphatic heterocycles. The average molecular weight is 300 g/mol. The van der Waals surface area contributed by atoms with Crippen LogP contribution in [0, 0.1) is 0 Å². The number of carbonyl (C=O) groups is 1. The second-order valence-corrected chi connectivity index (χ2v) is 4.74. The van der Waals surface area contributed by atoms with Crippen molar-refractivity contribution in [2.75, 3.05) is 18.9 Å². The average Bonchev–Trinajstić information content (AvgIpc) is 2.82. The standard InChI is InChI=1S/C12H14BrNO3/c13-11-9(4-1-5-10(11)14)12(15)17-7-8-3-2-6-16-8/h1,4-5,8H,2-3,6-7,14H2. The maximum absolute atomic E-state index is 11.8. The molecule has 0 amide bonds. The SMILES string of the molecule is Nc1cccc(C(=O)OCC2CCCO2)c1Br. The van der Waals surface area contributed by atoms with Crippen molar-refractivity contribution in [3.63, 3.8) is 0 Å². The molecule has 5 heteroatoms. The van der Waals surface area contributed by atoms with Crippen LogP contribution in [0.3, 0.4) is 0 Å². The van der Waals surface area contributed by atoms with Crippen LogP contribution in [0.25, 0.3) is 0 Å². The molecule has 2 rings (SSSR count). The van der Waals surface area contributed by atoms with Gasteiger partial charge in [0.1, 0.15) is 6.61 Å². The Bertz CT molecular complexity index is 416. The maximum Gasteiger partial charge on any atom is 0.339 e. The van der Waals surface area contributed by atoms with Crippen molar-refractivity contribution in [3.8, 4) is 0 Å². The first-order chi connectivity index (χ1) is 8.18. The fraction of sp³-hybridized carbons (Fsp3) is 0.417. The molecule has 0 bridgehead atoms. The van der Waals surface area contributed by atoms with Crippen LogP contribution in [-0.2, 0) is 9.47 Å². The molecule has 1 heterocycles. The predicted molar refractivity (Wildman–Crippen MR) is 67.8 cm³/mol. The van der Waals surface area contributed by atoms with Crippen LogP contribution in [0.15, 0.2) is 22.7 Å². The molecular weight excluding hydrogens is 286 g/mol. The largest absolute Gasteiger partial charge is 0.459 e. The number of halogens is 1. The molecule has 2 N–H and O–H groups in total. The second-order valence-electron chi connectivity index (χ2n) is 3.94. The number of nitrogens with two attached hydrogens (primary N) is 1. The Balaban J connectivity index is 1.97. The number of anilines is 1. The molecule has 92 valence electrons. The zero-order valence-corrected chi connectivity index (χ0v) is 10.9. The quantitative estimate of drug-likeness (QED) is 0.687. The minimum absolute atomic E-state index is 0.0405. The summed E-state index contributed by atoms with van der Waals surface area (Å²) in [6, 6.07) is 5.13. The van der Waals surface area contributed by atoms with Crippen molar-refractivity contribution in [2.24, 2.45) is 0 Å². The molecule has 4 nitrogen and oxygen atoms in total. The summed E-state index contributed by atoms with van der Waals surface area (Å²) < 4.78 is 11.2. The van der Waals surface area contributed by atoms with Gasteiger partial charge in [-0.25, -0.2) is 4.79 Å². The van der Waals surface area contributed by atoms with Gasteiger partial charge in [-0.3, -0.25) is 0 Å². The van der Waals surface area contributed by atoms with Crippen molar-refractivity contribution >= 4 is 27.6 Å². The summed E-state index contributed by atoms with van der Waals surface area (Å²) in [5.41, 5.74) is 6.67. The highest BCUT2D eigenvalue weighted by Gasteiger charge is 2.19. The first-order valence-corrected chi connectivity index (χ1v) is 6.30. The van der Waals surface area contributed by atoms with Gasteiger partial charge in [0.05, 0.1) is 16.1 Å². The van der Waals surface area contributed by atoms with Crippen LogP contribution in [0.5, 0.6) is 0 Å². The molecule has 1 unspecified atom stereocenters. The molecule has 1 fully saturated rings. The summed E-state index contributed by atoms with van der Waals surface area (Å²) in [4.78, 5) is 11.8. The van der Waals surface area contributed by atoms with E-state index in [2.05, 4.69) is 15.9 Å². The van der Waals surface area contributed by atoms with E-state index < -0.39 is 0 Å². The Labute approximate surface area is 108 Å². The van der Waals surface area contributed by atoms with Crippen LogP contribution < -0.4 is 5.73 Å². The van der Waals surface area contributed by atoms with Crippen LogP contribution >= 0.6 is 15.9 Å². The summed E-state index contributed by atoms with van der Waals surface area (Å²) in [5, 5.41) is 0. The van der Waals surface area contributed by atoms with Gasteiger partial charge in [-0.2, -0.15) is 0 Å². The van der Waals surface area contributed by atoms with Crippen LogP contribution in [0.4, 0.5) is 5.69 Å². The summed E-state index contributed by atoms with van der Waals surface area (Å²) in [6.45, 7) is 1.06. The number of esters is 1. The number of rotatable bonds is 3. The lowest BCUT2D eigenvalue weighted by atomic mass is 10.2. The number of hydrogen-bond acceptors (Lipinski definition) is 4. The Kier molecular flexibility index (Phi) is 4.02. The van der Waals surface area contributed by atoms with Crippen molar-refractivity contribution in [3.05, 3.63) is 28.2 Å². The van der Waals surface area contributed by atoms with Gasteiger partial charge in [-0.1, -0.05) is 6.07 Å². The van der Waals surface area contributed by atoms with Crippen molar-refractivity contribution in [1.29, 1.82) is 0 Å². The van der Waals surface area contributed by atoms with Crippen molar-refractivity contribution in [2.45, 2.75) is 18.9 Å². The van der Waals surface area contributed by atoms with E-state index in [1.807, 2.05) is 0 Å². The molecule has 0 spiro atoms. The molecule has 0 aromatic heterocycles. The summed E-state index contributed by atoms with van der Waals surface area (Å²) in [5.74, 6) is -0.375. The fourth-order valence-corrected chi connectivity index (χ4v) is 2.16. The number of benzene rings is 1. The molecule has 1 saturated heterocycles. The van der Waals surface area contributed by atoms with Gasteiger partial charge in [0.15, 0.2) is 0 Å². The summed E-state index contributed by atoms with van der Waals surface area (Å²) >= 11 is 3.28. The summed E-state index contributed by atoms with van der Waals surface area (Å²) in [7, 11) is 0. The van der Waals surface area contributed by atoms with E-state index in [0.717, 1.165) is 19.4 Å². The van der Waals surface area contributed by atoms with E-state index in [9.17, 15) is 4.79 Å². The highest BCUT2D eigenvalue weighted by atomic mass is 79.9. The van der Waals surface area contributed by atoms with Gasteiger partial charge in [0.25, 0.3) is 0 Å². The third kappa shape index (κ3) is 2.98. The Morgan fingerprint density at radius 1 is 1.59 bits per heavy atom. The fourth-order valence-electron chi connectivity index (χ4n) is 1.73. The van der Waals surface area contributed by atoms with E-state index >= 15 is 0 Å². The first kappa shape index (κ1) is 12.4. The molecule has 1 aromatic carbocycles. The molecular formula is C12H14BrNO3. The van der Waals surface area contributed by atoms with Crippen molar-refractivity contribution < 1.29 is 14.3 Å². The topological polar surface area (TPSA) is 61.6 Å². The van der Waals surface area contributed by atoms with E-state index in [-0.39, 0.29) is 12.1 Å². The minimum atomic E-state index is -0.375. The Morgan fingerprint density at radius 2 is 2.41 bits per heavy atom. The summed E-state index contributed by atoms with van der Waals surface area (Å²) in [6.07, 6.45) is 2.02. The molecule has 0 aliphatic carbocycles. The lowest BCUT2D eigenvalue weighted by molar-refractivity contribution is 0.0160. The first-order valence-electron chi connectivity index (χ1n) is 5.51. The normalized spacial score (nSPS) is 19.2. The van der Waals surface area contributed by atoms with E-state index in [0.29, 0.717) is 22.3 Å². The molecule has 17 heavy (non-hydrogen) atoms. The van der Waals surface area contributed by atoms with Crippen LogP contribution in [-0.4, -0.2) is 25.3 Å². The van der Waals surface area contributed by atoms with Crippen LogP contribution in [0.2, 0.25) is 0 Å². The van der Waals surface area contributed by atoms with Gasteiger partial charge in [0.2, 0.25) is 0 Å². The second kappa shape index (κ2) is 5.51. The smallest absolute Gasteiger partial charge is 0.339 e. The molecule has 1 aromatic rings. The van der Waals surface area contributed by atoms with Gasteiger partial charge >= 0.3 is 5.97 Å². The lowest BCUT2D eigenvalue weighted by Crippen LogP contribution is -2.18. The highest BCUT2D eigenvalue weighted by Crippen LogP contribution is 2.24. The Morgan fingerprint density at radius 3 is 3.12 bits per heavy atom. The number of ether oxygens (including phenoxy) is 2.